The number of carbonyl (C=O) groups is 1. The number of nitrogens with zero attached hydrogens (tertiary/aromatic N) is 3. The minimum absolute atomic E-state index is 0. The van der Waals surface area contributed by atoms with Crippen molar-refractivity contribution >= 4 is 35.8 Å². The number of rotatable bonds is 8. The van der Waals surface area contributed by atoms with Crippen LogP contribution in [0.5, 0.6) is 0 Å². The first-order chi connectivity index (χ1) is 13.1. The van der Waals surface area contributed by atoms with Crippen molar-refractivity contribution < 1.29 is 9.18 Å². The molecule has 0 aliphatic rings. The number of hydrogen-bond acceptors (Lipinski definition) is 3. The number of halogens is 2. The molecule has 152 valence electrons. The molecule has 0 atom stereocenters. The van der Waals surface area contributed by atoms with Gasteiger partial charge in [-0.25, -0.2) is 9.38 Å². The fourth-order valence-corrected chi connectivity index (χ4v) is 2.39. The molecule has 0 unspecified atom stereocenters. The van der Waals surface area contributed by atoms with Gasteiger partial charge >= 0.3 is 0 Å². The maximum Gasteiger partial charge on any atom is 0.241 e. The van der Waals surface area contributed by atoms with E-state index < -0.39 is 0 Å². The summed E-state index contributed by atoms with van der Waals surface area (Å²) in [5.41, 5.74) is 1.72. The molecule has 1 aromatic heterocycles. The molecule has 0 spiro atoms. The van der Waals surface area contributed by atoms with Gasteiger partial charge in [0.2, 0.25) is 5.91 Å². The Bertz CT molecular complexity index is 757. The third kappa shape index (κ3) is 8.64. The lowest BCUT2D eigenvalue weighted by Crippen LogP contribution is -2.44. The SMILES string of the molecule is CCNC(=NCc1cccc(F)c1)NCC(=O)N(C)CCc1ccccn1.I. The second-order valence-corrected chi connectivity index (χ2v) is 6.07. The zero-order valence-electron chi connectivity index (χ0n) is 16.2. The number of amides is 1. The first-order valence-corrected chi connectivity index (χ1v) is 8.99. The summed E-state index contributed by atoms with van der Waals surface area (Å²) in [5.74, 6) is 0.195. The summed E-state index contributed by atoms with van der Waals surface area (Å²) >= 11 is 0. The zero-order chi connectivity index (χ0) is 19.5. The van der Waals surface area contributed by atoms with Gasteiger partial charge in [-0.1, -0.05) is 18.2 Å². The number of guanidine groups is 1. The number of aliphatic imine (C=N–C) groups is 1. The van der Waals surface area contributed by atoms with Crippen molar-refractivity contribution in [3.8, 4) is 0 Å². The standard InChI is InChI=1S/C20H26FN5O.HI/c1-3-22-20(24-14-16-7-6-8-17(21)13-16)25-15-19(27)26(2)12-10-18-9-4-5-11-23-18;/h4-9,11,13H,3,10,12,14-15H2,1-2H3,(H2,22,24,25);1H. The number of hydrogen-bond donors (Lipinski definition) is 2. The summed E-state index contributed by atoms with van der Waals surface area (Å²) in [7, 11) is 1.77. The van der Waals surface area contributed by atoms with Gasteiger partial charge < -0.3 is 15.5 Å². The van der Waals surface area contributed by atoms with Crippen LogP contribution in [0.3, 0.4) is 0 Å². The van der Waals surface area contributed by atoms with E-state index in [4.69, 9.17) is 0 Å². The van der Waals surface area contributed by atoms with Crippen LogP contribution in [-0.2, 0) is 17.8 Å². The highest BCUT2D eigenvalue weighted by atomic mass is 127. The second kappa shape index (κ2) is 13.0. The Morgan fingerprint density at radius 1 is 1.21 bits per heavy atom. The Morgan fingerprint density at radius 3 is 2.71 bits per heavy atom. The van der Waals surface area contributed by atoms with Crippen LogP contribution in [0.4, 0.5) is 4.39 Å². The minimum Gasteiger partial charge on any atom is -0.357 e. The van der Waals surface area contributed by atoms with Crippen LogP contribution >= 0.6 is 24.0 Å². The molecule has 2 aromatic rings. The second-order valence-electron chi connectivity index (χ2n) is 6.07. The Morgan fingerprint density at radius 2 is 2.04 bits per heavy atom. The molecular weight excluding hydrogens is 472 g/mol. The molecule has 0 bridgehead atoms. The fourth-order valence-electron chi connectivity index (χ4n) is 2.39. The molecule has 0 saturated carbocycles. The van der Waals surface area contributed by atoms with Crippen LogP contribution in [0.1, 0.15) is 18.2 Å². The highest BCUT2D eigenvalue weighted by Crippen LogP contribution is 2.04. The van der Waals surface area contributed by atoms with Crippen LogP contribution in [0, 0.1) is 5.82 Å². The Labute approximate surface area is 182 Å². The van der Waals surface area contributed by atoms with Gasteiger partial charge in [0.05, 0.1) is 13.1 Å². The lowest BCUT2D eigenvalue weighted by Gasteiger charge is -2.18. The van der Waals surface area contributed by atoms with E-state index >= 15 is 0 Å². The summed E-state index contributed by atoms with van der Waals surface area (Å²) < 4.78 is 13.2. The maximum absolute atomic E-state index is 13.2. The molecule has 0 fully saturated rings. The monoisotopic (exact) mass is 499 g/mol. The highest BCUT2D eigenvalue weighted by Gasteiger charge is 2.10. The van der Waals surface area contributed by atoms with Gasteiger partial charge in [0.15, 0.2) is 5.96 Å². The van der Waals surface area contributed by atoms with Gasteiger partial charge in [0, 0.05) is 38.4 Å². The van der Waals surface area contributed by atoms with Gasteiger partial charge in [-0.2, -0.15) is 0 Å². The van der Waals surface area contributed by atoms with Crippen molar-refractivity contribution in [1.82, 2.24) is 20.5 Å². The third-order valence-corrected chi connectivity index (χ3v) is 3.92. The molecule has 2 rings (SSSR count). The lowest BCUT2D eigenvalue weighted by molar-refractivity contribution is -0.128. The number of pyridine rings is 1. The molecule has 0 aliphatic heterocycles. The van der Waals surface area contributed by atoms with E-state index in [1.54, 1.807) is 24.2 Å². The summed E-state index contributed by atoms with van der Waals surface area (Å²) in [5, 5.41) is 6.11. The molecule has 0 aliphatic carbocycles. The number of aromatic nitrogens is 1. The molecule has 28 heavy (non-hydrogen) atoms. The molecule has 0 radical (unpaired) electrons. The van der Waals surface area contributed by atoms with Gasteiger partial charge in [-0.15, -0.1) is 24.0 Å². The smallest absolute Gasteiger partial charge is 0.241 e. The van der Waals surface area contributed by atoms with Crippen molar-refractivity contribution in [2.45, 2.75) is 19.9 Å². The van der Waals surface area contributed by atoms with Crippen molar-refractivity contribution in [3.05, 3.63) is 65.7 Å². The summed E-state index contributed by atoms with van der Waals surface area (Å²) in [6.45, 7) is 3.66. The van der Waals surface area contributed by atoms with Crippen molar-refractivity contribution in [2.75, 3.05) is 26.7 Å². The van der Waals surface area contributed by atoms with Gasteiger partial charge in [-0.05, 0) is 36.8 Å². The largest absolute Gasteiger partial charge is 0.357 e. The molecule has 1 heterocycles. The topological polar surface area (TPSA) is 69.6 Å². The maximum atomic E-state index is 13.2. The van der Waals surface area contributed by atoms with Crippen molar-refractivity contribution in [3.63, 3.8) is 0 Å². The predicted molar refractivity (Wildman–Crippen MR) is 120 cm³/mol. The van der Waals surface area contributed by atoms with E-state index in [1.807, 2.05) is 31.2 Å². The van der Waals surface area contributed by atoms with E-state index in [0.29, 0.717) is 32.0 Å². The summed E-state index contributed by atoms with van der Waals surface area (Å²) in [6.07, 6.45) is 2.45. The predicted octanol–water partition coefficient (Wildman–Crippen LogP) is 2.59. The highest BCUT2D eigenvalue weighted by molar-refractivity contribution is 14.0. The summed E-state index contributed by atoms with van der Waals surface area (Å²) in [4.78, 5) is 22.6. The zero-order valence-corrected chi connectivity index (χ0v) is 18.5. The minimum atomic E-state index is -0.287. The van der Waals surface area contributed by atoms with E-state index in [0.717, 1.165) is 11.3 Å². The molecule has 0 saturated heterocycles. The van der Waals surface area contributed by atoms with Crippen LogP contribution in [0.15, 0.2) is 53.7 Å². The number of nitrogens with one attached hydrogen (secondary N) is 2. The van der Waals surface area contributed by atoms with Crippen LogP contribution in [0.25, 0.3) is 0 Å². The molecule has 6 nitrogen and oxygen atoms in total. The fraction of sp³-hybridized carbons (Fsp3) is 0.350. The quantitative estimate of drug-likeness (QED) is 0.333. The average Bonchev–Trinajstić information content (AvgIpc) is 2.68. The Kier molecular flexibility index (Phi) is 11.1. The Balaban J connectivity index is 0.00000392. The summed E-state index contributed by atoms with van der Waals surface area (Å²) in [6, 6.07) is 12.1. The lowest BCUT2D eigenvalue weighted by atomic mass is 10.2. The number of benzene rings is 1. The van der Waals surface area contributed by atoms with Crippen molar-refractivity contribution in [1.29, 1.82) is 0 Å². The normalized spacial score (nSPS) is 10.8. The van der Waals surface area contributed by atoms with Crippen LogP contribution < -0.4 is 10.6 Å². The van der Waals surface area contributed by atoms with Gasteiger partial charge in [0.1, 0.15) is 5.82 Å². The van der Waals surface area contributed by atoms with Gasteiger partial charge in [-0.3, -0.25) is 9.78 Å². The van der Waals surface area contributed by atoms with Crippen molar-refractivity contribution in [2.24, 2.45) is 4.99 Å². The molecule has 1 aromatic carbocycles. The molecule has 8 heteroatoms. The van der Waals surface area contributed by atoms with E-state index in [-0.39, 0.29) is 42.2 Å². The van der Waals surface area contributed by atoms with E-state index in [2.05, 4.69) is 20.6 Å². The van der Waals surface area contributed by atoms with Crippen LogP contribution in [0.2, 0.25) is 0 Å². The molecule has 1 amide bonds. The number of carbonyl (C=O) groups excluding carboxylic acids is 1. The Hall–Kier alpha value is -2.23. The number of likely N-dealkylation sites (N-methyl/N-ethyl adjacent to an activating group) is 1. The van der Waals surface area contributed by atoms with E-state index in [1.165, 1.54) is 12.1 Å². The third-order valence-electron chi connectivity index (χ3n) is 3.92. The molecular formula is C20H27FIN5O. The molecule has 2 N–H and O–H groups in total. The average molecular weight is 499 g/mol. The van der Waals surface area contributed by atoms with Crippen LogP contribution in [-0.4, -0.2) is 48.4 Å². The first-order valence-electron chi connectivity index (χ1n) is 8.99. The van der Waals surface area contributed by atoms with E-state index in [9.17, 15) is 9.18 Å². The first kappa shape index (κ1) is 23.8. The van der Waals surface area contributed by atoms with Gasteiger partial charge in [0.25, 0.3) is 0 Å².